The van der Waals surface area contributed by atoms with Crippen LogP contribution in [0.5, 0.6) is 0 Å². The molecule has 18 heavy (non-hydrogen) atoms. The van der Waals surface area contributed by atoms with E-state index >= 15 is 0 Å². The Hall–Kier alpha value is -2.20. The summed E-state index contributed by atoms with van der Waals surface area (Å²) < 4.78 is 0. The molecule has 2 aromatic rings. The molecule has 2 aromatic carbocycles. The molecule has 0 radical (unpaired) electrons. The Balaban J connectivity index is 2.42. The van der Waals surface area contributed by atoms with Gasteiger partial charge in [-0.2, -0.15) is 0 Å². The summed E-state index contributed by atoms with van der Waals surface area (Å²) in [5.74, 6) is -1.04. The van der Waals surface area contributed by atoms with Crippen LogP contribution in [-0.2, 0) is 0 Å². The number of hydrogen-bond acceptors (Lipinski definition) is 3. The van der Waals surface area contributed by atoms with E-state index in [1.165, 1.54) is 6.07 Å². The molecular weight excluding hydrogens is 252 g/mol. The van der Waals surface area contributed by atoms with E-state index in [0.29, 0.717) is 22.1 Å². The van der Waals surface area contributed by atoms with Gasteiger partial charge >= 0.3 is 5.97 Å². The molecular formula is C13H11ClN2O2. The first-order chi connectivity index (χ1) is 8.58. The molecule has 0 fully saturated rings. The summed E-state index contributed by atoms with van der Waals surface area (Å²) in [5, 5.41) is 12.6. The maximum Gasteiger partial charge on any atom is 0.337 e. The largest absolute Gasteiger partial charge is 0.478 e. The van der Waals surface area contributed by atoms with Crippen LogP contribution in [0.3, 0.4) is 0 Å². The van der Waals surface area contributed by atoms with Crippen LogP contribution in [0.2, 0.25) is 5.02 Å². The molecule has 0 unspecified atom stereocenters. The van der Waals surface area contributed by atoms with E-state index in [0.717, 1.165) is 0 Å². The minimum atomic E-state index is -1.04. The van der Waals surface area contributed by atoms with Crippen molar-refractivity contribution in [1.29, 1.82) is 0 Å². The fourth-order valence-electron chi connectivity index (χ4n) is 1.60. The molecule has 0 aliphatic heterocycles. The van der Waals surface area contributed by atoms with Crippen LogP contribution in [0, 0.1) is 0 Å². The van der Waals surface area contributed by atoms with Gasteiger partial charge in [-0.25, -0.2) is 4.79 Å². The number of para-hydroxylation sites is 1. The maximum atomic E-state index is 11.1. The topological polar surface area (TPSA) is 75.4 Å². The molecule has 0 amide bonds. The Labute approximate surface area is 109 Å². The summed E-state index contributed by atoms with van der Waals surface area (Å²) in [4.78, 5) is 11.1. The zero-order valence-electron chi connectivity index (χ0n) is 9.35. The van der Waals surface area contributed by atoms with Crippen LogP contribution in [0.25, 0.3) is 0 Å². The number of nitrogens with two attached hydrogens (primary N) is 1. The summed E-state index contributed by atoms with van der Waals surface area (Å²) in [6.45, 7) is 0. The van der Waals surface area contributed by atoms with Crippen molar-refractivity contribution in [2.75, 3.05) is 11.1 Å². The van der Waals surface area contributed by atoms with Crippen LogP contribution in [0.15, 0.2) is 42.5 Å². The number of halogens is 1. The first kappa shape index (κ1) is 12.3. The second-order valence-corrected chi connectivity index (χ2v) is 4.15. The monoisotopic (exact) mass is 262 g/mol. The van der Waals surface area contributed by atoms with E-state index in [1.807, 2.05) is 0 Å². The van der Waals surface area contributed by atoms with Crippen molar-refractivity contribution in [3.63, 3.8) is 0 Å². The number of nitrogen functional groups attached to an aromatic ring is 1. The van der Waals surface area contributed by atoms with Gasteiger partial charge in [0.1, 0.15) is 0 Å². The normalized spacial score (nSPS) is 10.1. The average molecular weight is 263 g/mol. The third-order valence-corrected chi connectivity index (χ3v) is 2.66. The van der Waals surface area contributed by atoms with E-state index in [9.17, 15) is 4.79 Å². The van der Waals surface area contributed by atoms with Gasteiger partial charge in [0.2, 0.25) is 0 Å². The van der Waals surface area contributed by atoms with E-state index < -0.39 is 5.97 Å². The lowest BCUT2D eigenvalue weighted by atomic mass is 10.1. The number of carbonyl (C=O) groups is 1. The highest BCUT2D eigenvalue weighted by molar-refractivity contribution is 6.30. The van der Waals surface area contributed by atoms with Crippen molar-refractivity contribution in [3.8, 4) is 0 Å². The standard InChI is InChI=1S/C13H11ClN2O2/c14-8-3-1-4-9(7-8)16-12-10(13(17)18)5-2-6-11(12)15/h1-7,16H,15H2,(H,17,18). The maximum absolute atomic E-state index is 11.1. The van der Waals surface area contributed by atoms with Gasteiger partial charge < -0.3 is 16.2 Å². The molecule has 2 rings (SSSR count). The van der Waals surface area contributed by atoms with Crippen molar-refractivity contribution in [2.24, 2.45) is 0 Å². The first-order valence-electron chi connectivity index (χ1n) is 5.22. The second kappa shape index (κ2) is 4.98. The number of aromatic carboxylic acids is 1. The lowest BCUT2D eigenvalue weighted by Crippen LogP contribution is -2.05. The molecule has 0 heterocycles. The van der Waals surface area contributed by atoms with Gasteiger partial charge in [-0.05, 0) is 30.3 Å². The quantitative estimate of drug-likeness (QED) is 0.742. The lowest BCUT2D eigenvalue weighted by Gasteiger charge is -2.12. The number of anilines is 3. The summed E-state index contributed by atoms with van der Waals surface area (Å²) >= 11 is 5.87. The highest BCUT2D eigenvalue weighted by Crippen LogP contribution is 2.28. The molecule has 0 saturated carbocycles. The van der Waals surface area contributed by atoms with Gasteiger partial charge in [0.05, 0.1) is 16.9 Å². The third kappa shape index (κ3) is 2.55. The molecule has 4 N–H and O–H groups in total. The van der Waals surface area contributed by atoms with Crippen LogP contribution in [-0.4, -0.2) is 11.1 Å². The van der Waals surface area contributed by atoms with Crippen LogP contribution in [0.4, 0.5) is 17.1 Å². The number of carboxylic acids is 1. The average Bonchev–Trinajstić information content (AvgIpc) is 2.31. The van der Waals surface area contributed by atoms with Crippen LogP contribution < -0.4 is 11.1 Å². The molecule has 0 aliphatic carbocycles. The van der Waals surface area contributed by atoms with E-state index in [1.54, 1.807) is 36.4 Å². The number of nitrogens with one attached hydrogen (secondary N) is 1. The van der Waals surface area contributed by atoms with Crippen molar-refractivity contribution in [3.05, 3.63) is 53.1 Å². The fraction of sp³-hybridized carbons (Fsp3) is 0. The van der Waals surface area contributed by atoms with E-state index in [2.05, 4.69) is 5.32 Å². The lowest BCUT2D eigenvalue weighted by molar-refractivity contribution is 0.0698. The molecule has 0 spiro atoms. The van der Waals surface area contributed by atoms with Gasteiger partial charge in [0.25, 0.3) is 0 Å². The second-order valence-electron chi connectivity index (χ2n) is 3.71. The zero-order valence-corrected chi connectivity index (χ0v) is 10.1. The van der Waals surface area contributed by atoms with Gasteiger partial charge in [-0.3, -0.25) is 0 Å². The molecule has 0 aliphatic rings. The summed E-state index contributed by atoms with van der Waals surface area (Å²) in [6.07, 6.45) is 0. The molecule has 0 aromatic heterocycles. The third-order valence-electron chi connectivity index (χ3n) is 2.42. The van der Waals surface area contributed by atoms with Crippen molar-refractivity contribution in [1.82, 2.24) is 0 Å². The minimum Gasteiger partial charge on any atom is -0.478 e. The highest BCUT2D eigenvalue weighted by Gasteiger charge is 2.12. The zero-order chi connectivity index (χ0) is 13.1. The van der Waals surface area contributed by atoms with Gasteiger partial charge in [0, 0.05) is 10.7 Å². The molecule has 0 saturated heterocycles. The van der Waals surface area contributed by atoms with E-state index in [4.69, 9.17) is 22.4 Å². The Bertz CT molecular complexity index is 599. The molecule has 0 bridgehead atoms. The molecule has 4 nitrogen and oxygen atoms in total. The van der Waals surface area contributed by atoms with Crippen LogP contribution >= 0.6 is 11.6 Å². The van der Waals surface area contributed by atoms with Gasteiger partial charge in [0.15, 0.2) is 0 Å². The van der Waals surface area contributed by atoms with Gasteiger partial charge in [-0.1, -0.05) is 23.7 Å². The Morgan fingerprint density at radius 2 is 1.94 bits per heavy atom. The predicted molar refractivity (Wildman–Crippen MR) is 72.5 cm³/mol. The van der Waals surface area contributed by atoms with Crippen LogP contribution in [0.1, 0.15) is 10.4 Å². The predicted octanol–water partition coefficient (Wildman–Crippen LogP) is 3.36. The summed E-state index contributed by atoms with van der Waals surface area (Å²) in [7, 11) is 0. The molecule has 0 atom stereocenters. The fourth-order valence-corrected chi connectivity index (χ4v) is 1.79. The smallest absolute Gasteiger partial charge is 0.337 e. The number of rotatable bonds is 3. The van der Waals surface area contributed by atoms with Gasteiger partial charge in [-0.15, -0.1) is 0 Å². The Morgan fingerprint density at radius 1 is 1.22 bits per heavy atom. The Kier molecular flexibility index (Phi) is 3.39. The molecule has 5 heteroatoms. The van der Waals surface area contributed by atoms with Crippen molar-refractivity contribution < 1.29 is 9.90 Å². The number of carboxylic acid groups (broad SMARTS) is 1. The minimum absolute atomic E-state index is 0.120. The summed E-state index contributed by atoms with van der Waals surface area (Å²) in [6, 6.07) is 11.7. The van der Waals surface area contributed by atoms with Crippen molar-refractivity contribution >= 4 is 34.6 Å². The SMILES string of the molecule is Nc1cccc(C(=O)O)c1Nc1cccc(Cl)c1. The summed E-state index contributed by atoms with van der Waals surface area (Å²) in [5.41, 5.74) is 7.33. The Morgan fingerprint density at radius 3 is 2.61 bits per heavy atom. The van der Waals surface area contributed by atoms with Crippen molar-refractivity contribution in [2.45, 2.75) is 0 Å². The first-order valence-corrected chi connectivity index (χ1v) is 5.60. The molecule has 92 valence electrons. The van der Waals surface area contributed by atoms with E-state index in [-0.39, 0.29) is 5.56 Å². The number of hydrogen-bond donors (Lipinski definition) is 3. The number of benzene rings is 2. The highest BCUT2D eigenvalue weighted by atomic mass is 35.5.